The lowest BCUT2D eigenvalue weighted by atomic mass is 9.79. The highest BCUT2D eigenvalue weighted by atomic mass is 16.6. The molecule has 0 aromatic carbocycles. The lowest BCUT2D eigenvalue weighted by molar-refractivity contribution is -0.138. The Labute approximate surface area is 149 Å². The molecule has 3 aliphatic heterocycles. The van der Waals surface area contributed by atoms with Gasteiger partial charge in [-0.05, 0) is 6.92 Å². The highest BCUT2D eigenvalue weighted by molar-refractivity contribution is 6.53. The third kappa shape index (κ3) is 1.93. The third-order valence-corrected chi connectivity index (χ3v) is 5.73. The Morgan fingerprint density at radius 2 is 2.15 bits per heavy atom. The molecule has 1 aliphatic carbocycles. The molecule has 5 atom stereocenters. The summed E-state index contributed by atoms with van der Waals surface area (Å²) in [7, 11) is 2.84. The number of ether oxygens (including phenoxy) is 2. The molecule has 2 saturated heterocycles. The number of nitrogens with two attached hydrogens (primary N) is 1. The largest absolute Gasteiger partial charge is 0.449 e. The minimum absolute atomic E-state index is 0.0352. The average molecular weight is 364 g/mol. The van der Waals surface area contributed by atoms with Crippen LogP contribution in [0.3, 0.4) is 0 Å². The molecular formula is C16H20N4O6. The maximum Gasteiger partial charge on any atom is 0.404 e. The summed E-state index contributed by atoms with van der Waals surface area (Å²) >= 11 is 0. The van der Waals surface area contributed by atoms with E-state index in [0.717, 1.165) is 0 Å². The van der Waals surface area contributed by atoms with E-state index in [1.807, 2.05) is 4.90 Å². The lowest BCUT2D eigenvalue weighted by Gasteiger charge is -2.39. The van der Waals surface area contributed by atoms with Gasteiger partial charge in [0, 0.05) is 25.3 Å². The molecule has 3 heterocycles. The molecule has 0 aromatic heterocycles. The van der Waals surface area contributed by atoms with Gasteiger partial charge in [-0.1, -0.05) is 5.16 Å². The van der Waals surface area contributed by atoms with Crippen molar-refractivity contribution in [2.75, 3.05) is 27.4 Å². The molecule has 4 rings (SSSR count). The number of carbonyl (C=O) groups is 3. The van der Waals surface area contributed by atoms with Gasteiger partial charge in [-0.25, -0.2) is 4.79 Å². The molecule has 10 nitrogen and oxygen atoms in total. The number of piperazine rings is 1. The summed E-state index contributed by atoms with van der Waals surface area (Å²) in [4.78, 5) is 43.9. The van der Waals surface area contributed by atoms with Crippen LogP contribution in [0.25, 0.3) is 0 Å². The molecule has 140 valence electrons. The summed E-state index contributed by atoms with van der Waals surface area (Å²) in [5.41, 5.74) is 4.76. The van der Waals surface area contributed by atoms with E-state index in [4.69, 9.17) is 20.0 Å². The Bertz CT molecular complexity index is 777. The SMILES string of the molecule is CO/N=C1/C(=O)C2=C(C(=O)C1C)N1C[C@@H]3N[C@@H]3[C@]1(OC)[C@@H]2COC(N)=O. The van der Waals surface area contributed by atoms with Gasteiger partial charge in [-0.15, -0.1) is 0 Å². The second-order valence-electron chi connectivity index (χ2n) is 6.84. The van der Waals surface area contributed by atoms with Gasteiger partial charge >= 0.3 is 6.09 Å². The van der Waals surface area contributed by atoms with E-state index >= 15 is 0 Å². The first-order valence-corrected chi connectivity index (χ1v) is 8.33. The molecule has 3 N–H and O–H groups in total. The maximum absolute atomic E-state index is 13.1. The lowest BCUT2D eigenvalue weighted by Crippen LogP contribution is -2.55. The second-order valence-corrected chi connectivity index (χ2v) is 6.84. The summed E-state index contributed by atoms with van der Waals surface area (Å²) < 4.78 is 10.9. The van der Waals surface area contributed by atoms with Crippen LogP contribution in [0.15, 0.2) is 16.4 Å². The fourth-order valence-electron chi connectivity index (χ4n) is 4.60. The Morgan fingerprint density at radius 3 is 2.77 bits per heavy atom. The summed E-state index contributed by atoms with van der Waals surface area (Å²) in [6.45, 7) is 1.99. The Kier molecular flexibility index (Phi) is 3.60. The van der Waals surface area contributed by atoms with Crippen molar-refractivity contribution in [2.24, 2.45) is 22.7 Å². The normalized spacial score (nSPS) is 39.0. The van der Waals surface area contributed by atoms with Crippen LogP contribution in [0.4, 0.5) is 4.79 Å². The van der Waals surface area contributed by atoms with Gasteiger partial charge in [0.2, 0.25) is 5.78 Å². The van der Waals surface area contributed by atoms with Gasteiger partial charge in [-0.3, -0.25) is 9.59 Å². The van der Waals surface area contributed by atoms with Gasteiger partial charge in [0.25, 0.3) is 0 Å². The average Bonchev–Trinajstić information content (AvgIpc) is 3.21. The predicted octanol–water partition coefficient (Wildman–Crippen LogP) is -1.25. The number of Topliss-reactive ketones (excluding diaryl/α,β-unsaturated/α-hetero) is 2. The number of primary amides is 1. The molecule has 4 aliphatic rings. The number of allylic oxidation sites excluding steroid dienone is 1. The topological polar surface area (TPSA) is 142 Å². The first-order chi connectivity index (χ1) is 12.4. The number of hydrogen-bond donors (Lipinski definition) is 2. The third-order valence-electron chi connectivity index (χ3n) is 5.73. The van der Waals surface area contributed by atoms with Crippen LogP contribution in [0.2, 0.25) is 0 Å². The molecule has 2 fully saturated rings. The zero-order valence-electron chi connectivity index (χ0n) is 14.6. The number of carbonyl (C=O) groups excluding carboxylic acids is 3. The maximum atomic E-state index is 13.1. The molecule has 0 aromatic rings. The summed E-state index contributed by atoms with van der Waals surface area (Å²) in [5.74, 6) is -2.00. The molecule has 1 unspecified atom stereocenters. The van der Waals surface area contributed by atoms with Gasteiger partial charge < -0.3 is 30.3 Å². The van der Waals surface area contributed by atoms with E-state index in [0.29, 0.717) is 12.2 Å². The first kappa shape index (κ1) is 17.0. The molecule has 1 amide bonds. The molecule has 0 saturated carbocycles. The van der Waals surface area contributed by atoms with Crippen LogP contribution in [0, 0.1) is 11.8 Å². The van der Waals surface area contributed by atoms with Crippen LogP contribution in [-0.4, -0.2) is 73.5 Å². The molecule has 0 spiro atoms. The van der Waals surface area contributed by atoms with Gasteiger partial charge in [0.05, 0.1) is 23.6 Å². The van der Waals surface area contributed by atoms with Crippen LogP contribution >= 0.6 is 0 Å². The van der Waals surface area contributed by atoms with E-state index in [9.17, 15) is 14.4 Å². The van der Waals surface area contributed by atoms with Crippen molar-refractivity contribution in [1.82, 2.24) is 10.2 Å². The minimum Gasteiger partial charge on any atom is -0.449 e. The number of ketones is 2. The first-order valence-electron chi connectivity index (χ1n) is 8.33. The van der Waals surface area contributed by atoms with Gasteiger partial charge in [-0.2, -0.15) is 0 Å². The smallest absolute Gasteiger partial charge is 0.404 e. The van der Waals surface area contributed by atoms with E-state index in [2.05, 4.69) is 10.5 Å². The summed E-state index contributed by atoms with van der Waals surface area (Å²) in [6, 6.07) is 0.0885. The molecule has 0 bridgehead atoms. The Hall–Kier alpha value is -2.46. The number of oxime groups is 1. The van der Waals surface area contributed by atoms with Crippen molar-refractivity contribution in [3.63, 3.8) is 0 Å². The molecule has 26 heavy (non-hydrogen) atoms. The zero-order chi connectivity index (χ0) is 18.8. The monoisotopic (exact) mass is 364 g/mol. The number of fused-ring (bicyclic) bond motifs is 4. The van der Waals surface area contributed by atoms with Crippen molar-refractivity contribution < 1.29 is 28.7 Å². The molecular weight excluding hydrogens is 344 g/mol. The van der Waals surface area contributed by atoms with Crippen molar-refractivity contribution in [3.05, 3.63) is 11.3 Å². The number of rotatable bonds is 4. The number of amides is 1. The van der Waals surface area contributed by atoms with Gasteiger partial charge in [0.1, 0.15) is 19.4 Å². The van der Waals surface area contributed by atoms with Crippen LogP contribution in [0.1, 0.15) is 6.92 Å². The number of nitrogens with zero attached hydrogens (tertiary/aromatic N) is 2. The van der Waals surface area contributed by atoms with Gasteiger partial charge in [0.15, 0.2) is 11.5 Å². The number of hydrogen-bond acceptors (Lipinski definition) is 9. The predicted molar refractivity (Wildman–Crippen MR) is 86.8 cm³/mol. The van der Waals surface area contributed by atoms with E-state index in [1.54, 1.807) is 6.92 Å². The van der Waals surface area contributed by atoms with Crippen LogP contribution in [-0.2, 0) is 23.9 Å². The van der Waals surface area contributed by atoms with Crippen molar-refractivity contribution >= 4 is 23.4 Å². The standard InChI is InChI=1S/C16H20N4O6/c1-6-10(19-25-3)13(22)9-7(5-26-15(17)23)16(24-2)14-8(18-14)4-20(16)11(9)12(6)21/h6-8,14,18H,4-5H2,1-3H3,(H2,17,23)/b19-10+/t6?,7-,8+,14+,16-/m1/s1. The van der Waals surface area contributed by atoms with Crippen molar-refractivity contribution in [2.45, 2.75) is 24.7 Å². The molecule has 0 radical (unpaired) electrons. The second kappa shape index (κ2) is 5.52. The number of methoxy groups -OCH3 is 1. The van der Waals surface area contributed by atoms with Crippen LogP contribution in [0.5, 0.6) is 0 Å². The molecule has 10 heteroatoms. The highest BCUT2D eigenvalue weighted by Gasteiger charge is 2.73. The van der Waals surface area contributed by atoms with E-state index in [-0.39, 0.29) is 35.8 Å². The Balaban J connectivity index is 1.85. The van der Waals surface area contributed by atoms with E-state index < -0.39 is 29.4 Å². The zero-order valence-corrected chi connectivity index (χ0v) is 14.6. The highest BCUT2D eigenvalue weighted by Crippen LogP contribution is 2.55. The van der Waals surface area contributed by atoms with Crippen LogP contribution < -0.4 is 11.1 Å². The number of nitrogens with one attached hydrogen (secondary N) is 1. The fraction of sp³-hybridized carbons (Fsp3) is 0.625. The van der Waals surface area contributed by atoms with Crippen molar-refractivity contribution in [1.29, 1.82) is 0 Å². The summed E-state index contributed by atoms with van der Waals surface area (Å²) in [5, 5.41) is 7.06. The summed E-state index contributed by atoms with van der Waals surface area (Å²) in [6.07, 6.45) is -0.955. The minimum atomic E-state index is -0.974. The fourth-order valence-corrected chi connectivity index (χ4v) is 4.60. The quantitative estimate of drug-likeness (QED) is 0.466. The van der Waals surface area contributed by atoms with Crippen molar-refractivity contribution in [3.8, 4) is 0 Å². The Morgan fingerprint density at radius 1 is 1.42 bits per heavy atom. The van der Waals surface area contributed by atoms with E-state index in [1.165, 1.54) is 14.2 Å².